The molecule has 176 valence electrons. The highest BCUT2D eigenvalue weighted by Gasteiger charge is 2.32. The highest BCUT2D eigenvalue weighted by Crippen LogP contribution is 2.28. The molecule has 1 fully saturated rings. The van der Waals surface area contributed by atoms with Gasteiger partial charge in [0.15, 0.2) is 5.82 Å². The van der Waals surface area contributed by atoms with Crippen molar-refractivity contribution in [2.75, 3.05) is 33.2 Å². The number of hydrogen-bond donors (Lipinski definition) is 1. The number of tetrazole rings is 1. The van der Waals surface area contributed by atoms with E-state index in [9.17, 15) is 9.18 Å². The minimum absolute atomic E-state index is 0.142. The Balaban J connectivity index is 1.60. The van der Waals surface area contributed by atoms with E-state index in [2.05, 4.69) is 50.3 Å². The van der Waals surface area contributed by atoms with Crippen LogP contribution in [0.15, 0.2) is 53.3 Å². The molecule has 34 heavy (non-hydrogen) atoms. The van der Waals surface area contributed by atoms with E-state index in [1.807, 2.05) is 18.2 Å². The molecule has 3 heterocycles. The second kappa shape index (κ2) is 9.44. The number of hydrogen-bond acceptors (Lipinski definition) is 6. The molecule has 2 aromatic heterocycles. The summed E-state index contributed by atoms with van der Waals surface area (Å²) in [5, 5.41) is 13.5. The number of aryl methyl sites for hydroxylation is 1. The summed E-state index contributed by atoms with van der Waals surface area (Å²) < 4.78 is 15.1. The number of rotatable bonds is 6. The summed E-state index contributed by atoms with van der Waals surface area (Å²) in [4.78, 5) is 20.9. The van der Waals surface area contributed by atoms with Gasteiger partial charge in [-0.1, -0.05) is 25.1 Å². The fourth-order valence-corrected chi connectivity index (χ4v) is 4.56. The molecule has 0 radical (unpaired) electrons. The number of nitrogens with zero attached hydrogens (tertiary/aromatic N) is 6. The summed E-state index contributed by atoms with van der Waals surface area (Å²) in [6.45, 7) is 5.86. The van der Waals surface area contributed by atoms with Crippen LogP contribution in [0.1, 0.15) is 35.5 Å². The predicted octanol–water partition coefficient (Wildman–Crippen LogP) is 2.60. The monoisotopic (exact) mass is 461 g/mol. The van der Waals surface area contributed by atoms with Crippen molar-refractivity contribution in [1.82, 2.24) is 35.0 Å². The predicted molar refractivity (Wildman–Crippen MR) is 128 cm³/mol. The van der Waals surface area contributed by atoms with Gasteiger partial charge in [0.05, 0.1) is 6.54 Å². The second-order valence-electron chi connectivity index (χ2n) is 8.89. The molecule has 0 spiro atoms. The molecule has 9 heteroatoms. The average molecular weight is 462 g/mol. The topological polar surface area (TPSA) is 82.9 Å². The maximum atomic E-state index is 13.4. The van der Waals surface area contributed by atoms with Gasteiger partial charge in [-0.3, -0.25) is 9.69 Å². The lowest BCUT2D eigenvalue weighted by Crippen LogP contribution is -2.47. The molecule has 5 rings (SSSR count). The van der Waals surface area contributed by atoms with Crippen LogP contribution in [-0.2, 0) is 13.0 Å². The normalized spacial score (nSPS) is 16.2. The Bertz CT molecular complexity index is 1340. The van der Waals surface area contributed by atoms with Crippen LogP contribution in [0.3, 0.4) is 0 Å². The minimum Gasteiger partial charge on any atom is -0.322 e. The van der Waals surface area contributed by atoms with Gasteiger partial charge in [-0.15, -0.1) is 5.10 Å². The Morgan fingerprint density at radius 1 is 1.03 bits per heavy atom. The SMILES string of the molecule is CCc1ccc2[nH]c(=O)c([C@H](c3nnnn3Cc3ccc(F)cc3)N3CCN(C)CC3)cc2c1. The Morgan fingerprint density at radius 2 is 1.76 bits per heavy atom. The summed E-state index contributed by atoms with van der Waals surface area (Å²) in [5.74, 6) is 0.315. The molecular formula is C25H28FN7O. The van der Waals surface area contributed by atoms with Gasteiger partial charge in [0, 0.05) is 37.3 Å². The van der Waals surface area contributed by atoms with Gasteiger partial charge in [0.2, 0.25) is 0 Å². The van der Waals surface area contributed by atoms with Gasteiger partial charge in [-0.25, -0.2) is 9.07 Å². The molecular weight excluding hydrogens is 433 g/mol. The number of likely N-dealkylation sites (N-methyl/N-ethyl adjacent to an activating group) is 1. The van der Waals surface area contributed by atoms with Crippen molar-refractivity contribution in [2.24, 2.45) is 0 Å². The van der Waals surface area contributed by atoms with Crippen LogP contribution in [-0.4, -0.2) is 68.2 Å². The third-order valence-electron chi connectivity index (χ3n) is 6.59. The van der Waals surface area contributed by atoms with Crippen LogP contribution >= 0.6 is 0 Å². The lowest BCUT2D eigenvalue weighted by Gasteiger charge is -2.37. The summed E-state index contributed by atoms with van der Waals surface area (Å²) in [5.41, 5.74) is 3.39. The van der Waals surface area contributed by atoms with Gasteiger partial charge in [0.25, 0.3) is 5.56 Å². The summed E-state index contributed by atoms with van der Waals surface area (Å²) in [7, 11) is 2.10. The van der Waals surface area contributed by atoms with Crippen LogP contribution in [0.25, 0.3) is 10.9 Å². The molecule has 8 nitrogen and oxygen atoms in total. The van der Waals surface area contributed by atoms with E-state index in [-0.39, 0.29) is 11.4 Å². The van der Waals surface area contributed by atoms with Crippen molar-refractivity contribution in [1.29, 1.82) is 0 Å². The van der Waals surface area contributed by atoms with Crippen LogP contribution in [0, 0.1) is 5.82 Å². The third-order valence-corrected chi connectivity index (χ3v) is 6.59. The number of benzene rings is 2. The summed E-state index contributed by atoms with van der Waals surface area (Å²) in [6.07, 6.45) is 0.919. The summed E-state index contributed by atoms with van der Waals surface area (Å²) in [6, 6.07) is 14.0. The molecule has 1 aliphatic rings. The molecule has 1 saturated heterocycles. The number of pyridine rings is 1. The van der Waals surface area contributed by atoms with E-state index in [0.29, 0.717) is 17.9 Å². The zero-order valence-electron chi connectivity index (χ0n) is 19.4. The number of aromatic nitrogens is 5. The summed E-state index contributed by atoms with van der Waals surface area (Å²) >= 11 is 0. The first-order valence-electron chi connectivity index (χ1n) is 11.6. The average Bonchev–Trinajstić information content (AvgIpc) is 3.29. The van der Waals surface area contributed by atoms with E-state index in [0.717, 1.165) is 49.1 Å². The first kappa shape index (κ1) is 22.4. The third kappa shape index (κ3) is 4.49. The molecule has 1 N–H and O–H groups in total. The Labute approximate surface area is 197 Å². The standard InChI is InChI=1S/C25H28FN7O/c1-3-17-6-9-22-19(14-17)15-21(25(34)27-22)23(32-12-10-31(2)11-13-32)24-28-29-30-33(24)16-18-4-7-20(26)8-5-18/h4-9,14-15,23H,3,10-13,16H2,1-2H3,(H,27,34)/t23-/m1/s1. The van der Waals surface area contributed by atoms with Crippen molar-refractivity contribution in [3.05, 3.63) is 87.2 Å². The van der Waals surface area contributed by atoms with Gasteiger partial charge in [-0.2, -0.15) is 0 Å². The molecule has 0 aliphatic carbocycles. The number of fused-ring (bicyclic) bond motifs is 1. The van der Waals surface area contributed by atoms with Crippen LogP contribution in [0.2, 0.25) is 0 Å². The molecule has 0 bridgehead atoms. The van der Waals surface area contributed by atoms with Gasteiger partial charge in [0.1, 0.15) is 11.9 Å². The maximum absolute atomic E-state index is 13.4. The van der Waals surface area contributed by atoms with Crippen LogP contribution in [0.4, 0.5) is 4.39 Å². The zero-order chi connectivity index (χ0) is 23.7. The molecule has 0 unspecified atom stereocenters. The van der Waals surface area contributed by atoms with Crippen molar-refractivity contribution in [2.45, 2.75) is 25.9 Å². The van der Waals surface area contributed by atoms with Crippen LogP contribution in [0.5, 0.6) is 0 Å². The van der Waals surface area contributed by atoms with Gasteiger partial charge in [-0.05, 0) is 70.7 Å². The fraction of sp³-hybridized carbons (Fsp3) is 0.360. The Hall–Kier alpha value is -3.43. The van der Waals surface area contributed by atoms with E-state index in [1.54, 1.807) is 16.8 Å². The van der Waals surface area contributed by atoms with Crippen molar-refractivity contribution in [3.63, 3.8) is 0 Å². The van der Waals surface area contributed by atoms with E-state index >= 15 is 0 Å². The lowest BCUT2D eigenvalue weighted by molar-refractivity contribution is 0.121. The van der Waals surface area contributed by atoms with E-state index < -0.39 is 6.04 Å². The Morgan fingerprint density at radius 3 is 2.50 bits per heavy atom. The number of H-pyrrole nitrogens is 1. The molecule has 4 aromatic rings. The molecule has 1 aliphatic heterocycles. The highest BCUT2D eigenvalue weighted by atomic mass is 19.1. The molecule has 2 aromatic carbocycles. The fourth-order valence-electron chi connectivity index (χ4n) is 4.56. The molecule has 0 amide bonds. The van der Waals surface area contributed by atoms with Gasteiger partial charge >= 0.3 is 0 Å². The number of piperazine rings is 1. The zero-order valence-corrected chi connectivity index (χ0v) is 19.4. The van der Waals surface area contributed by atoms with Crippen molar-refractivity contribution >= 4 is 10.9 Å². The minimum atomic E-state index is -0.400. The van der Waals surface area contributed by atoms with Crippen molar-refractivity contribution in [3.8, 4) is 0 Å². The molecule has 0 saturated carbocycles. The number of nitrogens with one attached hydrogen (secondary N) is 1. The van der Waals surface area contributed by atoms with Crippen molar-refractivity contribution < 1.29 is 4.39 Å². The largest absolute Gasteiger partial charge is 0.322 e. The first-order valence-corrected chi connectivity index (χ1v) is 11.6. The van der Waals surface area contributed by atoms with Gasteiger partial charge < -0.3 is 9.88 Å². The van der Waals surface area contributed by atoms with Crippen LogP contribution < -0.4 is 5.56 Å². The maximum Gasteiger partial charge on any atom is 0.253 e. The number of aromatic amines is 1. The molecule has 1 atom stereocenters. The quantitative estimate of drug-likeness (QED) is 0.475. The van der Waals surface area contributed by atoms with E-state index in [4.69, 9.17) is 0 Å². The number of halogens is 1. The second-order valence-corrected chi connectivity index (χ2v) is 8.89. The van der Waals surface area contributed by atoms with E-state index in [1.165, 1.54) is 17.7 Å². The lowest BCUT2D eigenvalue weighted by atomic mass is 10.0. The smallest absolute Gasteiger partial charge is 0.253 e. The highest BCUT2D eigenvalue weighted by molar-refractivity contribution is 5.80. The first-order chi connectivity index (χ1) is 16.5. The Kier molecular flexibility index (Phi) is 6.21.